The number of halogens is 1. The average Bonchev–Trinajstić information content (AvgIpc) is 2.85. The zero-order valence-electron chi connectivity index (χ0n) is 9.88. The van der Waals surface area contributed by atoms with Gasteiger partial charge in [0.2, 0.25) is 5.91 Å². The topological polar surface area (TPSA) is 59.8 Å². The largest absolute Gasteiger partial charge is 0.326 e. The van der Waals surface area contributed by atoms with Gasteiger partial charge < -0.3 is 5.32 Å². The van der Waals surface area contributed by atoms with Crippen molar-refractivity contribution in [2.45, 2.75) is 13.5 Å². The minimum Gasteiger partial charge on any atom is -0.326 e. The molecule has 1 amide bonds. The van der Waals surface area contributed by atoms with E-state index in [4.69, 9.17) is 0 Å². The summed E-state index contributed by atoms with van der Waals surface area (Å²) >= 11 is 3.35. The monoisotopic (exact) mass is 308 g/mol. The van der Waals surface area contributed by atoms with Crippen LogP contribution in [0.4, 0.5) is 5.69 Å². The molecule has 0 bridgehead atoms. The quantitative estimate of drug-likeness (QED) is 0.943. The Bertz CT molecular complexity index is 509. The van der Waals surface area contributed by atoms with E-state index in [-0.39, 0.29) is 11.8 Å². The number of amides is 1. The Morgan fingerprint density at radius 1 is 1.44 bits per heavy atom. The molecule has 0 spiro atoms. The first-order valence-electron chi connectivity index (χ1n) is 5.54. The van der Waals surface area contributed by atoms with Crippen molar-refractivity contribution in [3.8, 4) is 0 Å². The van der Waals surface area contributed by atoms with E-state index >= 15 is 0 Å². The van der Waals surface area contributed by atoms with E-state index in [0.717, 1.165) is 10.2 Å². The summed E-state index contributed by atoms with van der Waals surface area (Å²) in [4.78, 5) is 15.8. The highest BCUT2D eigenvalue weighted by atomic mass is 79.9. The Morgan fingerprint density at radius 3 is 2.78 bits per heavy atom. The molecule has 1 aromatic carbocycles. The van der Waals surface area contributed by atoms with Gasteiger partial charge >= 0.3 is 0 Å². The van der Waals surface area contributed by atoms with E-state index in [0.29, 0.717) is 6.54 Å². The van der Waals surface area contributed by atoms with E-state index in [1.165, 1.54) is 6.33 Å². The second-order valence-electron chi connectivity index (χ2n) is 4.01. The second-order valence-corrected chi connectivity index (χ2v) is 4.93. The van der Waals surface area contributed by atoms with Crippen molar-refractivity contribution >= 4 is 27.5 Å². The fourth-order valence-corrected chi connectivity index (χ4v) is 1.75. The van der Waals surface area contributed by atoms with Crippen LogP contribution in [0.2, 0.25) is 0 Å². The first-order chi connectivity index (χ1) is 8.65. The number of nitrogens with one attached hydrogen (secondary N) is 1. The molecule has 0 fully saturated rings. The van der Waals surface area contributed by atoms with E-state index in [2.05, 4.69) is 31.3 Å². The van der Waals surface area contributed by atoms with Crippen LogP contribution in [0.1, 0.15) is 6.92 Å². The van der Waals surface area contributed by atoms with Crippen LogP contribution in [0, 0.1) is 5.92 Å². The molecular formula is C12H13BrN4O. The Labute approximate surface area is 113 Å². The molecule has 1 heterocycles. The lowest BCUT2D eigenvalue weighted by atomic mass is 10.1. The number of rotatable bonds is 4. The Kier molecular flexibility index (Phi) is 4.09. The third-order valence-corrected chi connectivity index (χ3v) is 3.02. The molecule has 6 heteroatoms. The van der Waals surface area contributed by atoms with E-state index < -0.39 is 0 Å². The summed E-state index contributed by atoms with van der Waals surface area (Å²) in [5, 5.41) is 6.84. The van der Waals surface area contributed by atoms with Gasteiger partial charge in [0.15, 0.2) is 0 Å². The van der Waals surface area contributed by atoms with Crippen molar-refractivity contribution in [2.24, 2.45) is 5.92 Å². The highest BCUT2D eigenvalue weighted by Crippen LogP contribution is 2.15. The zero-order valence-corrected chi connectivity index (χ0v) is 11.5. The Balaban J connectivity index is 1.93. The van der Waals surface area contributed by atoms with Gasteiger partial charge in [0.05, 0.1) is 12.5 Å². The number of hydrogen-bond acceptors (Lipinski definition) is 3. The summed E-state index contributed by atoms with van der Waals surface area (Å²) in [6, 6.07) is 7.48. The fourth-order valence-electron chi connectivity index (χ4n) is 1.49. The van der Waals surface area contributed by atoms with Gasteiger partial charge in [-0.1, -0.05) is 22.9 Å². The molecule has 1 N–H and O–H groups in total. The molecule has 0 unspecified atom stereocenters. The molecule has 2 aromatic rings. The summed E-state index contributed by atoms with van der Waals surface area (Å²) in [7, 11) is 0. The normalized spacial score (nSPS) is 12.1. The van der Waals surface area contributed by atoms with Crippen molar-refractivity contribution in [3.05, 3.63) is 41.4 Å². The van der Waals surface area contributed by atoms with E-state index in [1.54, 1.807) is 11.0 Å². The standard InChI is InChI=1S/C12H13BrN4O/c1-9(6-17-8-14-7-15-17)12(18)16-11-4-2-10(13)3-5-11/h2-5,7-9H,6H2,1H3,(H,16,18)/t9-/m0/s1. The van der Waals surface area contributed by atoms with Gasteiger partial charge in [-0.3, -0.25) is 9.48 Å². The van der Waals surface area contributed by atoms with Gasteiger partial charge in [-0.2, -0.15) is 5.10 Å². The smallest absolute Gasteiger partial charge is 0.229 e. The Hall–Kier alpha value is -1.69. The average molecular weight is 309 g/mol. The number of aromatic nitrogens is 3. The number of nitrogens with zero attached hydrogens (tertiary/aromatic N) is 3. The molecule has 0 aliphatic heterocycles. The van der Waals surface area contributed by atoms with Crippen molar-refractivity contribution < 1.29 is 4.79 Å². The maximum atomic E-state index is 11.9. The summed E-state index contributed by atoms with van der Waals surface area (Å²) in [6.07, 6.45) is 3.06. The third-order valence-electron chi connectivity index (χ3n) is 2.49. The number of carbonyl (C=O) groups excluding carboxylic acids is 1. The molecule has 94 valence electrons. The fraction of sp³-hybridized carbons (Fsp3) is 0.250. The van der Waals surface area contributed by atoms with E-state index in [1.807, 2.05) is 31.2 Å². The van der Waals surface area contributed by atoms with Crippen LogP contribution in [0.25, 0.3) is 0 Å². The first-order valence-corrected chi connectivity index (χ1v) is 6.33. The van der Waals surface area contributed by atoms with Gasteiger partial charge in [-0.15, -0.1) is 0 Å². The highest BCUT2D eigenvalue weighted by Gasteiger charge is 2.13. The van der Waals surface area contributed by atoms with Crippen LogP contribution in [0.3, 0.4) is 0 Å². The predicted molar refractivity (Wildman–Crippen MR) is 72.0 cm³/mol. The minimum atomic E-state index is -0.171. The molecule has 5 nitrogen and oxygen atoms in total. The molecule has 0 radical (unpaired) electrons. The van der Waals surface area contributed by atoms with Gasteiger partial charge in [0.25, 0.3) is 0 Å². The van der Waals surface area contributed by atoms with Crippen molar-refractivity contribution in [3.63, 3.8) is 0 Å². The summed E-state index contributed by atoms with van der Waals surface area (Å²) in [5.41, 5.74) is 0.786. The Morgan fingerprint density at radius 2 is 2.17 bits per heavy atom. The van der Waals surface area contributed by atoms with Crippen molar-refractivity contribution in [1.29, 1.82) is 0 Å². The number of benzene rings is 1. The van der Waals surface area contributed by atoms with Gasteiger partial charge in [-0.25, -0.2) is 4.98 Å². The maximum Gasteiger partial charge on any atom is 0.229 e. The zero-order chi connectivity index (χ0) is 13.0. The molecule has 0 aliphatic rings. The predicted octanol–water partition coefficient (Wildman–Crippen LogP) is 2.32. The molecular weight excluding hydrogens is 296 g/mol. The van der Waals surface area contributed by atoms with Crippen LogP contribution in [0.15, 0.2) is 41.4 Å². The van der Waals surface area contributed by atoms with E-state index in [9.17, 15) is 4.79 Å². The summed E-state index contributed by atoms with van der Waals surface area (Å²) in [5.74, 6) is -0.205. The molecule has 18 heavy (non-hydrogen) atoms. The SMILES string of the molecule is C[C@@H](Cn1cncn1)C(=O)Nc1ccc(Br)cc1. The lowest BCUT2D eigenvalue weighted by Gasteiger charge is -2.11. The molecule has 2 rings (SSSR count). The van der Waals surface area contributed by atoms with Crippen LogP contribution >= 0.6 is 15.9 Å². The molecule has 1 atom stereocenters. The number of anilines is 1. The number of carbonyl (C=O) groups is 1. The van der Waals surface area contributed by atoms with Crippen molar-refractivity contribution in [1.82, 2.24) is 14.8 Å². The van der Waals surface area contributed by atoms with Crippen LogP contribution in [0.5, 0.6) is 0 Å². The molecule has 0 saturated heterocycles. The summed E-state index contributed by atoms with van der Waals surface area (Å²) in [6.45, 7) is 2.37. The minimum absolute atomic E-state index is 0.0344. The van der Waals surface area contributed by atoms with Crippen LogP contribution in [-0.4, -0.2) is 20.7 Å². The third kappa shape index (κ3) is 3.40. The second kappa shape index (κ2) is 5.77. The first kappa shape index (κ1) is 12.8. The van der Waals surface area contributed by atoms with Crippen LogP contribution in [-0.2, 0) is 11.3 Å². The molecule has 1 aromatic heterocycles. The lowest BCUT2D eigenvalue weighted by molar-refractivity contribution is -0.119. The van der Waals surface area contributed by atoms with Crippen LogP contribution < -0.4 is 5.32 Å². The maximum absolute atomic E-state index is 11.9. The van der Waals surface area contributed by atoms with Crippen molar-refractivity contribution in [2.75, 3.05) is 5.32 Å². The van der Waals surface area contributed by atoms with Gasteiger partial charge in [0.1, 0.15) is 12.7 Å². The highest BCUT2D eigenvalue weighted by molar-refractivity contribution is 9.10. The lowest BCUT2D eigenvalue weighted by Crippen LogP contribution is -2.24. The molecule has 0 saturated carbocycles. The summed E-state index contributed by atoms with van der Waals surface area (Å²) < 4.78 is 2.63. The number of hydrogen-bond donors (Lipinski definition) is 1. The van der Waals surface area contributed by atoms with Gasteiger partial charge in [0, 0.05) is 10.2 Å². The molecule has 0 aliphatic carbocycles. The van der Waals surface area contributed by atoms with Gasteiger partial charge in [-0.05, 0) is 24.3 Å².